The van der Waals surface area contributed by atoms with Gasteiger partial charge in [0.2, 0.25) is 0 Å². The third kappa shape index (κ3) is 4.34. The number of nitrogens with zero attached hydrogens (tertiary/aromatic N) is 2. The van der Waals surface area contributed by atoms with Crippen molar-refractivity contribution in [3.8, 4) is 44.8 Å². The van der Waals surface area contributed by atoms with Crippen LogP contribution in [0.4, 0.5) is 0 Å². The van der Waals surface area contributed by atoms with E-state index in [1.165, 1.54) is 33.0 Å². The largest absolute Gasteiger partial charge is 0.236 e. The summed E-state index contributed by atoms with van der Waals surface area (Å²) in [5.74, 6) is 0. The average Bonchev–Trinajstić information content (AvgIpc) is 3.01. The normalized spacial score (nSPS) is 11.2. The molecule has 0 N–H and O–H groups in total. The Balaban J connectivity index is 1.39. The molecular weight excluding hydrogens is 620 g/mol. The predicted octanol–water partition coefficient (Wildman–Crippen LogP) is 11.0. The van der Waals surface area contributed by atoms with E-state index in [1.807, 2.05) is 12.1 Å². The monoisotopic (exact) mass is 640 g/mol. The Morgan fingerprint density at radius 1 is 0.350 bits per heavy atom. The zero-order valence-electron chi connectivity index (χ0n) is 21.4. The number of rotatable bonds is 4. The van der Waals surface area contributed by atoms with Gasteiger partial charge in [0.1, 0.15) is 6.33 Å². The molecule has 0 aliphatic rings. The van der Waals surface area contributed by atoms with E-state index in [2.05, 4.69) is 147 Å². The predicted molar refractivity (Wildman–Crippen MR) is 174 cm³/mol. The van der Waals surface area contributed by atoms with E-state index in [1.54, 1.807) is 6.33 Å². The van der Waals surface area contributed by atoms with Gasteiger partial charge in [0.25, 0.3) is 0 Å². The molecule has 0 radical (unpaired) electrons. The molecule has 7 aromatic rings. The van der Waals surface area contributed by atoms with Crippen LogP contribution in [-0.4, -0.2) is 9.97 Å². The van der Waals surface area contributed by atoms with Gasteiger partial charge in [-0.05, 0) is 62.0 Å². The molecule has 0 bridgehead atoms. The highest BCUT2D eigenvalue weighted by atomic mass is 79.9. The molecule has 0 saturated heterocycles. The van der Waals surface area contributed by atoms with E-state index in [0.717, 1.165) is 42.2 Å². The standard InChI is InChI=1S/C36H22Br2N2/c37-33-15-7-5-13-29(33)27-17-19-31(25-11-3-1-9-23(25)27)35-21-36(40-22-39-35)32-20-18-28(24-10-2-4-12-26(24)32)30-14-6-8-16-34(30)38/h1-22H. The van der Waals surface area contributed by atoms with Crippen LogP contribution in [0.3, 0.4) is 0 Å². The second kappa shape index (κ2) is 10.5. The topological polar surface area (TPSA) is 25.8 Å². The molecule has 40 heavy (non-hydrogen) atoms. The lowest BCUT2D eigenvalue weighted by Gasteiger charge is -2.14. The molecule has 0 atom stereocenters. The lowest BCUT2D eigenvalue weighted by Crippen LogP contribution is -1.93. The zero-order valence-corrected chi connectivity index (χ0v) is 24.5. The number of hydrogen-bond acceptors (Lipinski definition) is 2. The highest BCUT2D eigenvalue weighted by Gasteiger charge is 2.15. The summed E-state index contributed by atoms with van der Waals surface area (Å²) in [4.78, 5) is 9.47. The Hall–Kier alpha value is -4.12. The van der Waals surface area contributed by atoms with Crippen molar-refractivity contribution in [2.45, 2.75) is 0 Å². The van der Waals surface area contributed by atoms with Crippen LogP contribution in [0.15, 0.2) is 143 Å². The van der Waals surface area contributed by atoms with Crippen molar-refractivity contribution in [2.75, 3.05) is 0 Å². The van der Waals surface area contributed by atoms with Gasteiger partial charge in [-0.15, -0.1) is 0 Å². The Morgan fingerprint density at radius 2 is 0.700 bits per heavy atom. The number of benzene rings is 6. The summed E-state index contributed by atoms with van der Waals surface area (Å²) in [5.41, 5.74) is 8.70. The third-order valence-corrected chi connectivity index (χ3v) is 8.78. The maximum absolute atomic E-state index is 4.74. The smallest absolute Gasteiger partial charge is 0.116 e. The van der Waals surface area contributed by atoms with Gasteiger partial charge in [-0.1, -0.05) is 141 Å². The van der Waals surface area contributed by atoms with E-state index in [0.29, 0.717) is 0 Å². The van der Waals surface area contributed by atoms with Crippen LogP contribution >= 0.6 is 31.9 Å². The summed E-state index contributed by atoms with van der Waals surface area (Å²) in [6.45, 7) is 0. The third-order valence-electron chi connectivity index (χ3n) is 7.40. The molecule has 0 unspecified atom stereocenters. The molecule has 6 aromatic carbocycles. The van der Waals surface area contributed by atoms with Gasteiger partial charge in [-0.3, -0.25) is 0 Å². The summed E-state index contributed by atoms with van der Waals surface area (Å²) >= 11 is 7.48. The Bertz CT molecular complexity index is 1900. The number of fused-ring (bicyclic) bond motifs is 2. The molecule has 0 aliphatic carbocycles. The molecule has 1 heterocycles. The summed E-state index contributed by atoms with van der Waals surface area (Å²) < 4.78 is 2.16. The van der Waals surface area contributed by atoms with E-state index in [4.69, 9.17) is 9.97 Å². The fourth-order valence-electron chi connectivity index (χ4n) is 5.53. The van der Waals surface area contributed by atoms with Gasteiger partial charge < -0.3 is 0 Å². The highest BCUT2D eigenvalue weighted by Crippen LogP contribution is 2.40. The first kappa shape index (κ1) is 24.9. The summed E-state index contributed by atoms with van der Waals surface area (Å²) in [6.07, 6.45) is 1.68. The van der Waals surface area contributed by atoms with Crippen molar-refractivity contribution in [3.05, 3.63) is 143 Å². The summed E-state index contributed by atoms with van der Waals surface area (Å²) in [5, 5.41) is 4.70. The molecule has 0 fully saturated rings. The van der Waals surface area contributed by atoms with Crippen molar-refractivity contribution >= 4 is 53.4 Å². The van der Waals surface area contributed by atoms with Crippen LogP contribution in [0.5, 0.6) is 0 Å². The van der Waals surface area contributed by atoms with E-state index >= 15 is 0 Å². The van der Waals surface area contributed by atoms with Crippen LogP contribution < -0.4 is 0 Å². The first-order chi connectivity index (χ1) is 19.7. The molecule has 0 amide bonds. The zero-order chi connectivity index (χ0) is 27.1. The molecule has 2 nitrogen and oxygen atoms in total. The minimum Gasteiger partial charge on any atom is -0.236 e. The molecule has 0 saturated carbocycles. The minimum absolute atomic E-state index is 0.902. The van der Waals surface area contributed by atoms with Crippen LogP contribution in [-0.2, 0) is 0 Å². The van der Waals surface area contributed by atoms with Gasteiger partial charge in [-0.25, -0.2) is 9.97 Å². The molecule has 7 rings (SSSR count). The number of hydrogen-bond donors (Lipinski definition) is 0. The van der Waals surface area contributed by atoms with Crippen LogP contribution in [0.25, 0.3) is 66.3 Å². The van der Waals surface area contributed by atoms with Gasteiger partial charge >= 0.3 is 0 Å². The second-order valence-corrected chi connectivity index (χ2v) is 11.4. The molecule has 0 aliphatic heterocycles. The Morgan fingerprint density at radius 3 is 1.12 bits per heavy atom. The van der Waals surface area contributed by atoms with Gasteiger partial charge in [0.05, 0.1) is 11.4 Å². The van der Waals surface area contributed by atoms with Crippen molar-refractivity contribution in [3.63, 3.8) is 0 Å². The van der Waals surface area contributed by atoms with Crippen LogP contribution in [0.2, 0.25) is 0 Å². The van der Waals surface area contributed by atoms with Gasteiger partial charge in [-0.2, -0.15) is 0 Å². The quantitative estimate of drug-likeness (QED) is 0.191. The number of aromatic nitrogens is 2. The summed E-state index contributed by atoms with van der Waals surface area (Å²) in [6, 6.07) is 44.6. The highest BCUT2D eigenvalue weighted by molar-refractivity contribution is 9.11. The molecule has 0 spiro atoms. The maximum atomic E-state index is 4.74. The fourth-order valence-corrected chi connectivity index (χ4v) is 6.52. The molecular formula is C36H22Br2N2. The van der Waals surface area contributed by atoms with Gasteiger partial charge in [0, 0.05) is 20.1 Å². The molecule has 1 aromatic heterocycles. The van der Waals surface area contributed by atoms with Gasteiger partial charge in [0.15, 0.2) is 0 Å². The first-order valence-electron chi connectivity index (χ1n) is 13.0. The maximum Gasteiger partial charge on any atom is 0.116 e. The second-order valence-electron chi connectivity index (χ2n) is 9.66. The van der Waals surface area contributed by atoms with Crippen molar-refractivity contribution < 1.29 is 0 Å². The lowest BCUT2D eigenvalue weighted by atomic mass is 9.92. The van der Waals surface area contributed by atoms with Crippen LogP contribution in [0, 0.1) is 0 Å². The average molecular weight is 642 g/mol. The fraction of sp³-hybridized carbons (Fsp3) is 0. The van der Waals surface area contributed by atoms with Crippen molar-refractivity contribution in [1.82, 2.24) is 9.97 Å². The number of halogens is 2. The lowest BCUT2D eigenvalue weighted by molar-refractivity contribution is 1.18. The molecule has 190 valence electrons. The Labute approximate surface area is 249 Å². The van der Waals surface area contributed by atoms with E-state index in [-0.39, 0.29) is 0 Å². The first-order valence-corrected chi connectivity index (χ1v) is 14.6. The molecule has 4 heteroatoms. The SMILES string of the molecule is Brc1ccccc1-c1ccc(-c2cc(-c3ccc(-c4ccccc4Br)c4ccccc34)ncn2)c2ccccc12. The van der Waals surface area contributed by atoms with Crippen molar-refractivity contribution in [1.29, 1.82) is 0 Å². The van der Waals surface area contributed by atoms with E-state index < -0.39 is 0 Å². The Kier molecular flexibility index (Phi) is 6.51. The van der Waals surface area contributed by atoms with Crippen molar-refractivity contribution in [2.24, 2.45) is 0 Å². The summed E-state index contributed by atoms with van der Waals surface area (Å²) in [7, 11) is 0. The van der Waals surface area contributed by atoms with E-state index in [9.17, 15) is 0 Å². The minimum atomic E-state index is 0.902. The van der Waals surface area contributed by atoms with Crippen LogP contribution in [0.1, 0.15) is 0 Å².